The summed E-state index contributed by atoms with van der Waals surface area (Å²) in [5, 5.41) is 6.72. The van der Waals surface area contributed by atoms with Crippen LogP contribution in [0.15, 0.2) is 58.5 Å². The third-order valence-electron chi connectivity index (χ3n) is 4.19. The SMILES string of the molecule is CN(C)c1ncc(CNC(=O)c2ccc3c(c2)NC(=O)c2ccccc2S3)s1. The minimum atomic E-state index is -0.191. The van der Waals surface area contributed by atoms with Crippen LogP contribution < -0.4 is 15.5 Å². The number of fused-ring (bicyclic) bond motifs is 2. The molecule has 0 radical (unpaired) electrons. The molecule has 28 heavy (non-hydrogen) atoms. The van der Waals surface area contributed by atoms with Crippen molar-refractivity contribution in [3.8, 4) is 0 Å². The molecular formula is C20H18N4O2S2. The number of aromatic nitrogens is 1. The molecule has 2 amide bonds. The molecule has 6 nitrogen and oxygen atoms in total. The third-order valence-corrected chi connectivity index (χ3v) is 6.51. The molecule has 0 saturated heterocycles. The van der Waals surface area contributed by atoms with Crippen molar-refractivity contribution < 1.29 is 9.59 Å². The number of nitrogens with one attached hydrogen (secondary N) is 2. The number of nitrogens with zero attached hydrogens (tertiary/aromatic N) is 2. The van der Waals surface area contributed by atoms with Crippen LogP contribution in [0, 0.1) is 0 Å². The predicted octanol–water partition coefficient (Wildman–Crippen LogP) is 3.86. The number of hydrogen-bond acceptors (Lipinski definition) is 6. The van der Waals surface area contributed by atoms with Crippen LogP contribution >= 0.6 is 23.1 Å². The molecule has 3 aromatic rings. The highest BCUT2D eigenvalue weighted by Gasteiger charge is 2.20. The molecule has 1 aromatic heterocycles. The van der Waals surface area contributed by atoms with Gasteiger partial charge >= 0.3 is 0 Å². The second kappa shape index (κ2) is 7.65. The summed E-state index contributed by atoms with van der Waals surface area (Å²) in [6.45, 7) is 0.411. The van der Waals surface area contributed by atoms with Gasteiger partial charge in [0.15, 0.2) is 5.13 Å². The molecule has 0 atom stereocenters. The fourth-order valence-corrected chi connectivity index (χ4v) is 4.55. The van der Waals surface area contributed by atoms with Crippen molar-refractivity contribution in [1.82, 2.24) is 10.3 Å². The zero-order valence-electron chi connectivity index (χ0n) is 15.4. The molecule has 1 aliphatic heterocycles. The quantitative estimate of drug-likeness (QED) is 0.683. The number of rotatable bonds is 4. The van der Waals surface area contributed by atoms with Gasteiger partial charge in [-0.15, -0.1) is 11.3 Å². The van der Waals surface area contributed by atoms with Crippen molar-refractivity contribution in [3.63, 3.8) is 0 Å². The van der Waals surface area contributed by atoms with Crippen molar-refractivity contribution in [2.24, 2.45) is 0 Å². The first-order valence-corrected chi connectivity index (χ1v) is 10.3. The Balaban J connectivity index is 1.50. The topological polar surface area (TPSA) is 74.3 Å². The monoisotopic (exact) mass is 410 g/mol. The van der Waals surface area contributed by atoms with Gasteiger partial charge in [0, 0.05) is 40.5 Å². The Morgan fingerprint density at radius 1 is 1.18 bits per heavy atom. The van der Waals surface area contributed by atoms with Crippen molar-refractivity contribution in [3.05, 3.63) is 64.7 Å². The third kappa shape index (κ3) is 3.74. The largest absolute Gasteiger partial charge is 0.354 e. The highest BCUT2D eigenvalue weighted by Crippen LogP contribution is 2.39. The van der Waals surface area contributed by atoms with Crippen LogP contribution in [0.1, 0.15) is 25.6 Å². The maximum absolute atomic E-state index is 12.6. The van der Waals surface area contributed by atoms with Crippen LogP contribution in [0.3, 0.4) is 0 Å². The number of anilines is 2. The van der Waals surface area contributed by atoms with E-state index < -0.39 is 0 Å². The zero-order chi connectivity index (χ0) is 19.7. The lowest BCUT2D eigenvalue weighted by molar-refractivity contribution is 0.0949. The van der Waals surface area contributed by atoms with Gasteiger partial charge in [0.1, 0.15) is 0 Å². The molecule has 0 saturated carbocycles. The van der Waals surface area contributed by atoms with Gasteiger partial charge in [-0.3, -0.25) is 9.59 Å². The van der Waals surface area contributed by atoms with Crippen molar-refractivity contribution in [1.29, 1.82) is 0 Å². The minimum Gasteiger partial charge on any atom is -0.354 e. The van der Waals surface area contributed by atoms with Gasteiger partial charge in [0.25, 0.3) is 11.8 Å². The number of thiazole rings is 1. The van der Waals surface area contributed by atoms with Crippen LogP contribution in [0.5, 0.6) is 0 Å². The molecule has 2 aromatic carbocycles. The lowest BCUT2D eigenvalue weighted by Gasteiger charge is -2.09. The zero-order valence-corrected chi connectivity index (χ0v) is 17.0. The van der Waals surface area contributed by atoms with E-state index in [0.29, 0.717) is 23.4 Å². The summed E-state index contributed by atoms with van der Waals surface area (Å²) in [7, 11) is 3.86. The first-order valence-electron chi connectivity index (χ1n) is 8.64. The van der Waals surface area contributed by atoms with E-state index >= 15 is 0 Å². The van der Waals surface area contributed by atoms with Crippen LogP contribution in [-0.2, 0) is 6.54 Å². The Morgan fingerprint density at radius 2 is 2.00 bits per heavy atom. The van der Waals surface area contributed by atoms with Gasteiger partial charge in [-0.2, -0.15) is 0 Å². The second-order valence-corrected chi connectivity index (χ2v) is 8.63. The van der Waals surface area contributed by atoms with E-state index in [1.165, 1.54) is 23.1 Å². The molecule has 0 unspecified atom stereocenters. The maximum atomic E-state index is 12.6. The van der Waals surface area contributed by atoms with E-state index in [2.05, 4.69) is 15.6 Å². The van der Waals surface area contributed by atoms with Crippen molar-refractivity contribution in [2.45, 2.75) is 16.3 Å². The fourth-order valence-electron chi connectivity index (χ4n) is 2.76. The van der Waals surface area contributed by atoms with Crippen molar-refractivity contribution in [2.75, 3.05) is 24.3 Å². The van der Waals surface area contributed by atoms with E-state index in [1.807, 2.05) is 43.3 Å². The Bertz CT molecular complexity index is 1060. The first-order chi connectivity index (χ1) is 13.5. The first kappa shape index (κ1) is 18.5. The number of carbonyl (C=O) groups excluding carboxylic acids is 2. The molecule has 142 valence electrons. The summed E-state index contributed by atoms with van der Waals surface area (Å²) >= 11 is 3.05. The molecule has 2 heterocycles. The second-order valence-electron chi connectivity index (χ2n) is 6.45. The van der Waals surface area contributed by atoms with Crippen molar-refractivity contribution >= 4 is 45.7 Å². The number of benzene rings is 2. The number of hydrogen-bond donors (Lipinski definition) is 2. The number of amides is 2. The highest BCUT2D eigenvalue weighted by molar-refractivity contribution is 7.99. The summed E-state index contributed by atoms with van der Waals surface area (Å²) in [5.41, 5.74) is 1.78. The molecule has 0 bridgehead atoms. The van der Waals surface area contributed by atoms with Crippen LogP contribution in [0.4, 0.5) is 10.8 Å². The summed E-state index contributed by atoms with van der Waals surface area (Å²) in [6, 6.07) is 12.8. The summed E-state index contributed by atoms with van der Waals surface area (Å²) in [4.78, 5) is 34.1. The summed E-state index contributed by atoms with van der Waals surface area (Å²) < 4.78 is 0. The van der Waals surface area contributed by atoms with Crippen LogP contribution in [0.2, 0.25) is 0 Å². The normalized spacial score (nSPS) is 12.4. The minimum absolute atomic E-state index is 0.166. The average molecular weight is 411 g/mol. The van der Waals surface area contributed by atoms with Crippen LogP contribution in [0.25, 0.3) is 0 Å². The van der Waals surface area contributed by atoms with Gasteiger partial charge in [0.2, 0.25) is 0 Å². The standard InChI is InChI=1S/C20H18N4O2S2/c1-24(2)20-22-11-13(27-20)10-21-18(25)12-7-8-17-15(9-12)23-19(26)14-5-3-4-6-16(14)28-17/h3-9,11H,10H2,1-2H3,(H,21,25)(H,23,26). The summed E-state index contributed by atoms with van der Waals surface area (Å²) in [5.74, 6) is -0.358. The van der Waals surface area contributed by atoms with E-state index in [4.69, 9.17) is 0 Å². The predicted molar refractivity (Wildman–Crippen MR) is 113 cm³/mol. The summed E-state index contributed by atoms with van der Waals surface area (Å²) in [6.07, 6.45) is 1.77. The molecule has 0 spiro atoms. The van der Waals surface area contributed by atoms with Gasteiger partial charge in [0.05, 0.1) is 17.8 Å². The highest BCUT2D eigenvalue weighted by atomic mass is 32.2. The molecular weight excluding hydrogens is 392 g/mol. The average Bonchev–Trinajstić information content (AvgIpc) is 3.11. The Labute approximate surface area is 171 Å². The Morgan fingerprint density at radius 3 is 2.79 bits per heavy atom. The molecule has 0 aliphatic carbocycles. The lowest BCUT2D eigenvalue weighted by atomic mass is 10.1. The van der Waals surface area contributed by atoms with Gasteiger partial charge < -0.3 is 15.5 Å². The lowest BCUT2D eigenvalue weighted by Crippen LogP contribution is -2.22. The molecule has 1 aliphatic rings. The van der Waals surface area contributed by atoms with Crippen LogP contribution in [-0.4, -0.2) is 30.9 Å². The van der Waals surface area contributed by atoms with Gasteiger partial charge in [-0.05, 0) is 30.3 Å². The Hall–Kier alpha value is -2.84. The molecule has 2 N–H and O–H groups in total. The van der Waals surface area contributed by atoms with Gasteiger partial charge in [-0.1, -0.05) is 23.9 Å². The smallest absolute Gasteiger partial charge is 0.256 e. The van der Waals surface area contributed by atoms with E-state index in [0.717, 1.165) is 19.8 Å². The molecule has 0 fully saturated rings. The molecule has 8 heteroatoms. The van der Waals surface area contributed by atoms with E-state index in [1.54, 1.807) is 24.4 Å². The fraction of sp³-hybridized carbons (Fsp3) is 0.150. The Kier molecular flexibility index (Phi) is 5.06. The number of carbonyl (C=O) groups is 2. The van der Waals surface area contributed by atoms with E-state index in [9.17, 15) is 9.59 Å². The maximum Gasteiger partial charge on any atom is 0.256 e. The van der Waals surface area contributed by atoms with E-state index in [-0.39, 0.29) is 11.8 Å². The van der Waals surface area contributed by atoms with Gasteiger partial charge in [-0.25, -0.2) is 4.98 Å². The molecule has 4 rings (SSSR count).